The lowest BCUT2D eigenvalue weighted by Crippen LogP contribution is -2.27. The van der Waals surface area contributed by atoms with Crippen molar-refractivity contribution in [3.63, 3.8) is 0 Å². The number of rotatable bonds is 4. The molecule has 6 heteroatoms. The summed E-state index contributed by atoms with van der Waals surface area (Å²) in [6.07, 6.45) is -0.613. The molecule has 0 aliphatic heterocycles. The minimum absolute atomic E-state index is 0.0867. The number of carbonyl (C=O) groups is 2. The van der Waals surface area contributed by atoms with E-state index in [1.165, 1.54) is 6.07 Å². The molecule has 0 heterocycles. The molecule has 5 nitrogen and oxygen atoms in total. The van der Waals surface area contributed by atoms with Gasteiger partial charge in [-0.1, -0.05) is 11.6 Å². The average Bonchev–Trinajstić information content (AvgIpc) is 2.29. The second kappa shape index (κ2) is 6.72. The molecule has 2 N–H and O–H groups in total. The zero-order valence-corrected chi connectivity index (χ0v) is 12.8. The van der Waals surface area contributed by atoms with E-state index >= 15 is 0 Å². The van der Waals surface area contributed by atoms with Crippen molar-refractivity contribution in [1.82, 2.24) is 5.32 Å². The van der Waals surface area contributed by atoms with Crippen LogP contribution in [-0.2, 0) is 4.74 Å². The van der Waals surface area contributed by atoms with Crippen LogP contribution >= 0.6 is 11.6 Å². The van der Waals surface area contributed by atoms with Gasteiger partial charge in [0.05, 0.1) is 17.3 Å². The van der Waals surface area contributed by atoms with Gasteiger partial charge in [-0.05, 0) is 46.0 Å². The number of benzene rings is 1. The largest absolute Gasteiger partial charge is 0.444 e. The SMILES string of the molecule is CNCC(=O)c1ccc(Cl)c(NC(=O)OC(C)(C)C)c1. The number of anilines is 1. The molecule has 110 valence electrons. The number of amides is 1. The molecular weight excluding hydrogens is 280 g/mol. The minimum Gasteiger partial charge on any atom is -0.444 e. The van der Waals surface area contributed by atoms with E-state index in [0.717, 1.165) is 0 Å². The summed E-state index contributed by atoms with van der Waals surface area (Å²) in [4.78, 5) is 23.5. The molecule has 0 radical (unpaired) electrons. The predicted octanol–water partition coefficient (Wildman–Crippen LogP) is 3.09. The van der Waals surface area contributed by atoms with E-state index in [1.54, 1.807) is 40.0 Å². The van der Waals surface area contributed by atoms with Crippen LogP contribution < -0.4 is 10.6 Å². The molecule has 0 unspecified atom stereocenters. The lowest BCUT2D eigenvalue weighted by Gasteiger charge is -2.20. The molecule has 0 spiro atoms. The van der Waals surface area contributed by atoms with E-state index in [4.69, 9.17) is 16.3 Å². The van der Waals surface area contributed by atoms with Crippen molar-refractivity contribution in [3.05, 3.63) is 28.8 Å². The highest BCUT2D eigenvalue weighted by atomic mass is 35.5. The Balaban J connectivity index is 2.87. The molecule has 1 aromatic rings. The number of nitrogens with one attached hydrogen (secondary N) is 2. The average molecular weight is 299 g/mol. The Labute approximate surface area is 123 Å². The van der Waals surface area contributed by atoms with E-state index in [2.05, 4.69) is 10.6 Å². The monoisotopic (exact) mass is 298 g/mol. The third-order valence-corrected chi connectivity index (χ3v) is 2.59. The zero-order valence-electron chi connectivity index (χ0n) is 12.0. The molecule has 1 aromatic carbocycles. The van der Waals surface area contributed by atoms with Crippen LogP contribution in [0.2, 0.25) is 5.02 Å². The van der Waals surface area contributed by atoms with Crippen LogP contribution in [0.4, 0.5) is 10.5 Å². The third-order valence-electron chi connectivity index (χ3n) is 2.26. The first-order valence-corrected chi connectivity index (χ1v) is 6.58. The van der Waals surface area contributed by atoms with Crippen molar-refractivity contribution < 1.29 is 14.3 Å². The number of Topliss-reactive ketones (excluding diaryl/α,β-unsaturated/α-hetero) is 1. The van der Waals surface area contributed by atoms with Crippen LogP contribution in [-0.4, -0.2) is 31.1 Å². The molecule has 0 aromatic heterocycles. The molecule has 0 saturated heterocycles. The summed E-state index contributed by atoms with van der Waals surface area (Å²) in [5.41, 5.74) is 0.216. The molecular formula is C14H19ClN2O3. The number of likely N-dealkylation sites (N-methyl/N-ethyl adjacent to an activating group) is 1. The van der Waals surface area contributed by atoms with Crippen LogP contribution in [0.3, 0.4) is 0 Å². The number of hydrogen-bond donors (Lipinski definition) is 2. The van der Waals surface area contributed by atoms with Gasteiger partial charge in [-0.3, -0.25) is 10.1 Å². The summed E-state index contributed by atoms with van der Waals surface area (Å²) in [6, 6.07) is 4.71. The number of halogens is 1. The smallest absolute Gasteiger partial charge is 0.412 e. The lowest BCUT2D eigenvalue weighted by atomic mass is 10.1. The fourth-order valence-electron chi connectivity index (χ4n) is 1.47. The maximum atomic E-state index is 11.8. The van der Waals surface area contributed by atoms with Crippen molar-refractivity contribution in [1.29, 1.82) is 0 Å². The Kier molecular flexibility index (Phi) is 5.53. The number of ether oxygens (including phenoxy) is 1. The van der Waals surface area contributed by atoms with Gasteiger partial charge in [0.2, 0.25) is 0 Å². The Morgan fingerprint density at radius 1 is 1.30 bits per heavy atom. The third kappa shape index (κ3) is 5.19. The molecule has 0 fully saturated rings. The van der Waals surface area contributed by atoms with Crippen LogP contribution in [0.15, 0.2) is 18.2 Å². The summed E-state index contributed by atoms with van der Waals surface area (Å²) in [5.74, 6) is -0.0867. The van der Waals surface area contributed by atoms with Crippen molar-refractivity contribution >= 4 is 29.2 Å². The fourth-order valence-corrected chi connectivity index (χ4v) is 1.64. The van der Waals surface area contributed by atoms with Gasteiger partial charge in [-0.25, -0.2) is 4.79 Å². The van der Waals surface area contributed by atoms with Gasteiger partial charge in [0, 0.05) is 5.56 Å². The summed E-state index contributed by atoms with van der Waals surface area (Å²) < 4.78 is 5.14. The molecule has 0 atom stereocenters. The number of hydrogen-bond acceptors (Lipinski definition) is 4. The van der Waals surface area contributed by atoms with E-state index in [9.17, 15) is 9.59 Å². The Hall–Kier alpha value is -1.59. The van der Waals surface area contributed by atoms with Gasteiger partial charge in [0.15, 0.2) is 5.78 Å². The molecule has 1 amide bonds. The summed E-state index contributed by atoms with van der Waals surface area (Å²) >= 11 is 6.00. The van der Waals surface area contributed by atoms with Crippen LogP contribution in [0.1, 0.15) is 31.1 Å². The number of carbonyl (C=O) groups excluding carboxylic acids is 2. The van der Waals surface area contributed by atoms with E-state index in [-0.39, 0.29) is 12.3 Å². The molecule has 0 saturated carbocycles. The Bertz CT molecular complexity index is 510. The molecule has 20 heavy (non-hydrogen) atoms. The predicted molar refractivity (Wildman–Crippen MR) is 79.6 cm³/mol. The fraction of sp³-hybridized carbons (Fsp3) is 0.429. The normalized spacial score (nSPS) is 11.1. The second-order valence-electron chi connectivity index (χ2n) is 5.28. The van der Waals surface area contributed by atoms with Crippen molar-refractivity contribution in [3.8, 4) is 0 Å². The van der Waals surface area contributed by atoms with Crippen molar-refractivity contribution in [2.24, 2.45) is 0 Å². The van der Waals surface area contributed by atoms with Gasteiger partial charge in [-0.15, -0.1) is 0 Å². The first kappa shape index (κ1) is 16.5. The van der Waals surface area contributed by atoms with Gasteiger partial charge in [0.1, 0.15) is 5.60 Å². The zero-order chi connectivity index (χ0) is 15.3. The van der Waals surface area contributed by atoms with Crippen LogP contribution in [0.5, 0.6) is 0 Å². The highest BCUT2D eigenvalue weighted by Gasteiger charge is 2.17. The van der Waals surface area contributed by atoms with Gasteiger partial charge in [0.25, 0.3) is 0 Å². The van der Waals surface area contributed by atoms with E-state index in [1.807, 2.05) is 0 Å². The van der Waals surface area contributed by atoms with Crippen LogP contribution in [0, 0.1) is 0 Å². The Morgan fingerprint density at radius 2 is 1.95 bits per heavy atom. The topological polar surface area (TPSA) is 67.4 Å². The van der Waals surface area contributed by atoms with E-state index in [0.29, 0.717) is 16.3 Å². The molecule has 0 aliphatic rings. The lowest BCUT2D eigenvalue weighted by molar-refractivity contribution is 0.0635. The summed E-state index contributed by atoms with van der Waals surface area (Å²) in [5, 5.41) is 5.66. The van der Waals surface area contributed by atoms with Crippen molar-refractivity contribution in [2.75, 3.05) is 18.9 Å². The maximum Gasteiger partial charge on any atom is 0.412 e. The van der Waals surface area contributed by atoms with Crippen LogP contribution in [0.25, 0.3) is 0 Å². The highest BCUT2D eigenvalue weighted by molar-refractivity contribution is 6.33. The highest BCUT2D eigenvalue weighted by Crippen LogP contribution is 2.24. The molecule has 1 rings (SSSR count). The Morgan fingerprint density at radius 3 is 2.50 bits per heavy atom. The maximum absolute atomic E-state index is 11.8. The molecule has 0 bridgehead atoms. The van der Waals surface area contributed by atoms with Gasteiger partial charge in [-0.2, -0.15) is 0 Å². The summed E-state index contributed by atoms with van der Waals surface area (Å²) in [7, 11) is 1.69. The first-order valence-electron chi connectivity index (χ1n) is 6.20. The number of ketones is 1. The minimum atomic E-state index is -0.613. The standard InChI is InChI=1S/C14H19ClN2O3/c1-14(2,3)20-13(19)17-11-7-9(5-6-10(11)15)12(18)8-16-4/h5-7,16H,8H2,1-4H3,(H,17,19). The summed E-state index contributed by atoms with van der Waals surface area (Å²) in [6.45, 7) is 5.51. The van der Waals surface area contributed by atoms with E-state index < -0.39 is 11.7 Å². The van der Waals surface area contributed by atoms with Crippen molar-refractivity contribution in [2.45, 2.75) is 26.4 Å². The molecule has 0 aliphatic carbocycles. The first-order chi connectivity index (χ1) is 9.23. The van der Waals surface area contributed by atoms with Gasteiger partial charge < -0.3 is 10.1 Å². The second-order valence-corrected chi connectivity index (χ2v) is 5.68. The quantitative estimate of drug-likeness (QED) is 0.838. The van der Waals surface area contributed by atoms with Gasteiger partial charge >= 0.3 is 6.09 Å².